The second kappa shape index (κ2) is 13.7. The van der Waals surface area contributed by atoms with Gasteiger partial charge in [-0.25, -0.2) is 8.42 Å². The van der Waals surface area contributed by atoms with Gasteiger partial charge < -0.3 is 15.0 Å². The van der Waals surface area contributed by atoms with E-state index in [0.29, 0.717) is 34.5 Å². The minimum atomic E-state index is -3.88. The number of halogens is 2. The summed E-state index contributed by atoms with van der Waals surface area (Å²) in [5.41, 5.74) is 0.808. The maximum Gasteiger partial charge on any atom is 0.244 e. The minimum absolute atomic E-state index is 0.0120. The smallest absolute Gasteiger partial charge is 0.244 e. The molecule has 0 aliphatic carbocycles. The maximum absolute atomic E-state index is 13.6. The van der Waals surface area contributed by atoms with E-state index >= 15 is 0 Å². The minimum Gasteiger partial charge on any atom is -0.492 e. The van der Waals surface area contributed by atoms with Crippen molar-refractivity contribution in [2.75, 3.05) is 30.3 Å². The van der Waals surface area contributed by atoms with E-state index in [0.717, 1.165) is 23.4 Å². The first-order valence-electron chi connectivity index (χ1n) is 11.7. The summed E-state index contributed by atoms with van der Waals surface area (Å²) in [6.07, 6.45) is 2.72. The molecular weight excluding hydrogens is 525 g/mol. The molecule has 2 aromatic carbocycles. The molecule has 2 amide bonds. The van der Waals surface area contributed by atoms with Crippen LogP contribution in [0, 0.1) is 0 Å². The van der Waals surface area contributed by atoms with Crippen LogP contribution >= 0.6 is 23.2 Å². The van der Waals surface area contributed by atoms with Crippen molar-refractivity contribution in [3.8, 4) is 5.75 Å². The molecule has 0 aliphatic heterocycles. The molecule has 1 N–H and O–H groups in total. The Morgan fingerprint density at radius 3 is 2.42 bits per heavy atom. The van der Waals surface area contributed by atoms with Gasteiger partial charge in [-0.05, 0) is 50.1 Å². The number of unbranched alkanes of at least 4 members (excludes halogenated alkanes) is 1. The predicted molar refractivity (Wildman–Crippen MR) is 144 cm³/mol. The highest BCUT2D eigenvalue weighted by molar-refractivity contribution is 7.92. The maximum atomic E-state index is 13.6. The van der Waals surface area contributed by atoms with Gasteiger partial charge in [0.1, 0.15) is 18.3 Å². The summed E-state index contributed by atoms with van der Waals surface area (Å²) in [6, 6.07) is 10.6. The number of carbonyl (C=O) groups is 2. The van der Waals surface area contributed by atoms with Crippen LogP contribution in [0.15, 0.2) is 42.5 Å². The molecule has 0 fully saturated rings. The van der Waals surface area contributed by atoms with E-state index in [4.69, 9.17) is 27.9 Å². The van der Waals surface area contributed by atoms with Gasteiger partial charge in [-0.1, -0.05) is 54.7 Å². The van der Waals surface area contributed by atoms with Crippen LogP contribution < -0.4 is 14.4 Å². The highest BCUT2D eigenvalue weighted by atomic mass is 35.5. The van der Waals surface area contributed by atoms with Crippen molar-refractivity contribution in [3.63, 3.8) is 0 Å². The molecule has 0 radical (unpaired) electrons. The zero-order valence-electron chi connectivity index (χ0n) is 21.0. The summed E-state index contributed by atoms with van der Waals surface area (Å²) in [5.74, 6) is -0.589. The second-order valence-electron chi connectivity index (χ2n) is 8.25. The largest absolute Gasteiger partial charge is 0.492 e. The molecule has 0 saturated heterocycles. The zero-order chi connectivity index (χ0) is 26.9. The molecule has 2 aromatic rings. The van der Waals surface area contributed by atoms with Gasteiger partial charge in [-0.2, -0.15) is 0 Å². The van der Waals surface area contributed by atoms with Gasteiger partial charge in [0, 0.05) is 23.1 Å². The number of sulfonamides is 1. The van der Waals surface area contributed by atoms with Crippen molar-refractivity contribution in [3.05, 3.63) is 58.1 Å². The Balaban J connectivity index is 2.43. The number of amides is 2. The number of nitrogens with one attached hydrogen (secondary N) is 1. The zero-order valence-corrected chi connectivity index (χ0v) is 23.3. The Labute approximate surface area is 223 Å². The van der Waals surface area contributed by atoms with E-state index < -0.39 is 28.5 Å². The number of anilines is 1. The second-order valence-corrected chi connectivity index (χ2v) is 11.0. The third kappa shape index (κ3) is 8.28. The van der Waals surface area contributed by atoms with E-state index in [1.807, 2.05) is 6.92 Å². The van der Waals surface area contributed by atoms with E-state index in [1.165, 1.54) is 4.90 Å². The van der Waals surface area contributed by atoms with Crippen LogP contribution in [0.5, 0.6) is 5.75 Å². The third-order valence-electron chi connectivity index (χ3n) is 5.47. The number of hydrogen-bond donors (Lipinski definition) is 1. The molecule has 2 rings (SSSR count). The van der Waals surface area contributed by atoms with E-state index in [1.54, 1.807) is 56.3 Å². The quantitative estimate of drug-likeness (QED) is 0.366. The van der Waals surface area contributed by atoms with Crippen LogP contribution in [-0.4, -0.2) is 57.1 Å². The fourth-order valence-corrected chi connectivity index (χ4v) is 4.81. The van der Waals surface area contributed by atoms with Crippen LogP contribution in [-0.2, 0) is 26.2 Å². The van der Waals surface area contributed by atoms with Crippen molar-refractivity contribution in [2.45, 2.75) is 46.2 Å². The predicted octanol–water partition coefficient (Wildman–Crippen LogP) is 4.49. The summed E-state index contributed by atoms with van der Waals surface area (Å²) in [4.78, 5) is 27.8. The molecule has 0 saturated carbocycles. The van der Waals surface area contributed by atoms with E-state index in [-0.39, 0.29) is 18.1 Å². The lowest BCUT2D eigenvalue weighted by Gasteiger charge is -2.32. The molecule has 198 valence electrons. The van der Waals surface area contributed by atoms with Crippen LogP contribution in [0.1, 0.15) is 39.2 Å². The lowest BCUT2D eigenvalue weighted by Crippen LogP contribution is -2.51. The van der Waals surface area contributed by atoms with Gasteiger partial charge in [-0.15, -0.1) is 0 Å². The third-order valence-corrected chi connectivity index (χ3v) is 7.18. The molecular formula is C25H33Cl2N3O5S. The fourth-order valence-electron chi connectivity index (χ4n) is 3.49. The lowest BCUT2D eigenvalue weighted by atomic mass is 10.1. The number of benzene rings is 2. The van der Waals surface area contributed by atoms with Crippen molar-refractivity contribution < 1.29 is 22.7 Å². The average Bonchev–Trinajstić information content (AvgIpc) is 2.81. The van der Waals surface area contributed by atoms with Crippen LogP contribution in [0.3, 0.4) is 0 Å². The number of ether oxygens (including phenoxy) is 1. The van der Waals surface area contributed by atoms with Gasteiger partial charge in [0.05, 0.1) is 18.6 Å². The average molecular weight is 559 g/mol. The first-order valence-corrected chi connectivity index (χ1v) is 14.3. The van der Waals surface area contributed by atoms with Gasteiger partial charge >= 0.3 is 0 Å². The van der Waals surface area contributed by atoms with Crippen molar-refractivity contribution in [1.82, 2.24) is 10.2 Å². The standard InChI is InChI=1S/C25H33Cl2N3O5S/c1-5-7-14-28-25(32)18(3)29(16-19-12-13-20(26)15-21(19)27)24(31)17-30(36(4,33)34)22-10-8-9-11-23(22)35-6-2/h8-13,15,18H,5-7,14,16-17H2,1-4H3,(H,28,32)/t18-/m1/s1. The molecule has 0 aromatic heterocycles. The molecule has 0 spiro atoms. The van der Waals surface area contributed by atoms with Gasteiger partial charge in [0.2, 0.25) is 21.8 Å². The number of nitrogens with zero attached hydrogens (tertiary/aromatic N) is 2. The number of rotatable bonds is 13. The molecule has 36 heavy (non-hydrogen) atoms. The summed E-state index contributed by atoms with van der Waals surface area (Å²) < 4.78 is 32.1. The molecule has 11 heteroatoms. The van der Waals surface area contributed by atoms with Gasteiger partial charge in [0.15, 0.2) is 0 Å². The van der Waals surface area contributed by atoms with Crippen LogP contribution in [0.4, 0.5) is 5.69 Å². The molecule has 0 aliphatic rings. The number of carbonyl (C=O) groups excluding carboxylic acids is 2. The van der Waals surface area contributed by atoms with Gasteiger partial charge in [-0.3, -0.25) is 13.9 Å². The van der Waals surface area contributed by atoms with Gasteiger partial charge in [0.25, 0.3) is 0 Å². The van der Waals surface area contributed by atoms with E-state index in [9.17, 15) is 18.0 Å². The highest BCUT2D eigenvalue weighted by Gasteiger charge is 2.31. The Kier molecular flexibility index (Phi) is 11.3. The Hall–Kier alpha value is -2.49. The Bertz CT molecular complexity index is 1160. The van der Waals surface area contributed by atoms with Crippen molar-refractivity contribution >= 4 is 50.7 Å². The Morgan fingerprint density at radius 2 is 1.81 bits per heavy atom. The van der Waals surface area contributed by atoms with Crippen LogP contribution in [0.25, 0.3) is 0 Å². The normalized spacial score (nSPS) is 12.1. The first kappa shape index (κ1) is 29.7. The molecule has 0 heterocycles. The highest BCUT2D eigenvalue weighted by Crippen LogP contribution is 2.30. The topological polar surface area (TPSA) is 96.0 Å². The monoisotopic (exact) mass is 557 g/mol. The molecule has 0 unspecified atom stereocenters. The van der Waals surface area contributed by atoms with Crippen molar-refractivity contribution in [1.29, 1.82) is 0 Å². The Morgan fingerprint density at radius 1 is 1.11 bits per heavy atom. The van der Waals surface area contributed by atoms with Crippen molar-refractivity contribution in [2.24, 2.45) is 0 Å². The SMILES string of the molecule is CCCCNC(=O)[C@@H](C)N(Cc1ccc(Cl)cc1Cl)C(=O)CN(c1ccccc1OCC)S(C)(=O)=O. The summed E-state index contributed by atoms with van der Waals surface area (Å²) >= 11 is 12.4. The molecule has 0 bridgehead atoms. The molecule has 1 atom stereocenters. The summed E-state index contributed by atoms with van der Waals surface area (Å²) in [6.45, 7) is 5.64. The van der Waals surface area contributed by atoms with E-state index in [2.05, 4.69) is 5.32 Å². The summed E-state index contributed by atoms with van der Waals surface area (Å²) in [5, 5.41) is 3.60. The lowest BCUT2D eigenvalue weighted by molar-refractivity contribution is -0.139. The number of hydrogen-bond acceptors (Lipinski definition) is 5. The molecule has 8 nitrogen and oxygen atoms in total. The summed E-state index contributed by atoms with van der Waals surface area (Å²) in [7, 11) is -3.88. The fraction of sp³-hybridized carbons (Fsp3) is 0.440. The first-order chi connectivity index (χ1) is 17.0. The number of para-hydroxylation sites is 2. The van der Waals surface area contributed by atoms with Crippen LogP contribution in [0.2, 0.25) is 10.0 Å².